The van der Waals surface area contributed by atoms with Gasteiger partial charge >= 0.3 is 5.97 Å². The number of esters is 1. The Hall–Kier alpha value is -0.900. The van der Waals surface area contributed by atoms with Crippen molar-refractivity contribution in [1.82, 2.24) is 0 Å². The van der Waals surface area contributed by atoms with Crippen LogP contribution in [0.1, 0.15) is 78.1 Å². The van der Waals surface area contributed by atoms with Crippen molar-refractivity contribution in [3.05, 3.63) is 0 Å². The normalized spacial score (nSPS) is 12.2. The predicted octanol–water partition coefficient (Wildman–Crippen LogP) is 3.37. The van der Waals surface area contributed by atoms with Gasteiger partial charge in [0.2, 0.25) is 0 Å². The lowest BCUT2D eigenvalue weighted by molar-refractivity contribution is -0.144. The highest BCUT2D eigenvalue weighted by molar-refractivity contribution is 5.87. The number of ether oxygens (including phenoxy) is 1. The Bertz CT molecular complexity index is 266. The molecule has 0 amide bonds. The fraction of sp³-hybridized carbons (Fsp3) is 0.875. The van der Waals surface area contributed by atoms with E-state index in [1.807, 2.05) is 0 Å². The summed E-state index contributed by atoms with van der Waals surface area (Å²) >= 11 is 0. The van der Waals surface area contributed by atoms with Gasteiger partial charge in [-0.1, -0.05) is 51.9 Å². The van der Waals surface area contributed by atoms with Crippen LogP contribution < -0.4 is 5.73 Å². The van der Waals surface area contributed by atoms with Crippen LogP contribution in [0.25, 0.3) is 0 Å². The van der Waals surface area contributed by atoms with E-state index in [4.69, 9.17) is 10.5 Å². The third-order valence-corrected chi connectivity index (χ3v) is 3.38. The van der Waals surface area contributed by atoms with Crippen molar-refractivity contribution in [1.29, 1.82) is 0 Å². The summed E-state index contributed by atoms with van der Waals surface area (Å²) in [5.74, 6) is -0.409. The molecule has 20 heavy (non-hydrogen) atoms. The fourth-order valence-electron chi connectivity index (χ4n) is 2.13. The molecule has 0 saturated heterocycles. The second-order valence-electron chi connectivity index (χ2n) is 5.31. The number of carbonyl (C=O) groups excluding carboxylic acids is 2. The van der Waals surface area contributed by atoms with E-state index in [1.54, 1.807) is 6.92 Å². The van der Waals surface area contributed by atoms with Gasteiger partial charge in [-0.05, 0) is 13.3 Å². The minimum absolute atomic E-state index is 0.00366. The number of nitrogens with two attached hydrogens (primary N) is 1. The van der Waals surface area contributed by atoms with Crippen LogP contribution in [0.3, 0.4) is 0 Å². The third kappa shape index (κ3) is 11.0. The lowest BCUT2D eigenvalue weighted by Gasteiger charge is -2.09. The van der Waals surface area contributed by atoms with Crippen molar-refractivity contribution in [2.24, 2.45) is 5.73 Å². The molecule has 0 fully saturated rings. The zero-order valence-electron chi connectivity index (χ0n) is 13.2. The number of carbonyl (C=O) groups is 2. The Kier molecular flexibility index (Phi) is 12.5. The number of Topliss-reactive ketones (excluding diaryl/α,β-unsaturated/α-hetero) is 1. The molecule has 0 rings (SSSR count). The van der Waals surface area contributed by atoms with Crippen molar-refractivity contribution >= 4 is 11.8 Å². The highest BCUT2D eigenvalue weighted by Crippen LogP contribution is 2.10. The van der Waals surface area contributed by atoms with Gasteiger partial charge in [-0.3, -0.25) is 9.59 Å². The molecule has 0 radical (unpaired) electrons. The molecule has 0 saturated carbocycles. The van der Waals surface area contributed by atoms with Gasteiger partial charge in [0, 0.05) is 6.42 Å². The average molecular weight is 285 g/mol. The Balaban J connectivity index is 3.50. The molecule has 0 spiro atoms. The first-order valence-corrected chi connectivity index (χ1v) is 8.05. The topological polar surface area (TPSA) is 69.4 Å². The Morgan fingerprint density at radius 3 is 2.05 bits per heavy atom. The predicted molar refractivity (Wildman–Crippen MR) is 81.5 cm³/mol. The van der Waals surface area contributed by atoms with E-state index in [2.05, 4.69) is 6.92 Å². The van der Waals surface area contributed by atoms with Crippen LogP contribution in [0.15, 0.2) is 0 Å². The van der Waals surface area contributed by atoms with Gasteiger partial charge < -0.3 is 10.5 Å². The summed E-state index contributed by atoms with van der Waals surface area (Å²) in [6.07, 6.45) is 10.1. The van der Waals surface area contributed by atoms with Gasteiger partial charge in [0.1, 0.15) is 5.78 Å². The highest BCUT2D eigenvalue weighted by Gasteiger charge is 2.17. The first-order chi connectivity index (χ1) is 9.61. The van der Waals surface area contributed by atoms with Gasteiger partial charge in [0.05, 0.1) is 19.1 Å². The van der Waals surface area contributed by atoms with E-state index in [-0.39, 0.29) is 18.2 Å². The number of rotatable bonds is 13. The van der Waals surface area contributed by atoms with Crippen molar-refractivity contribution in [3.63, 3.8) is 0 Å². The van der Waals surface area contributed by atoms with E-state index in [9.17, 15) is 9.59 Å². The largest absolute Gasteiger partial charge is 0.466 e. The van der Waals surface area contributed by atoms with Gasteiger partial charge in [-0.25, -0.2) is 0 Å². The minimum Gasteiger partial charge on any atom is -0.466 e. The Labute approximate surface area is 123 Å². The molecule has 0 aromatic carbocycles. The van der Waals surface area contributed by atoms with Crippen molar-refractivity contribution < 1.29 is 14.3 Å². The standard InChI is InChI=1S/C16H31NO3/c1-3-5-6-7-8-9-10-11-12-15(18)14(17)13-16(19)20-4-2/h14H,3-13,17H2,1-2H3. The quantitative estimate of drug-likeness (QED) is 0.416. The Morgan fingerprint density at radius 2 is 1.50 bits per heavy atom. The summed E-state index contributed by atoms with van der Waals surface area (Å²) in [4.78, 5) is 22.9. The second kappa shape index (κ2) is 13.1. The molecule has 2 N–H and O–H groups in total. The molecule has 0 aliphatic carbocycles. The van der Waals surface area contributed by atoms with Gasteiger partial charge in [0.15, 0.2) is 0 Å². The summed E-state index contributed by atoms with van der Waals surface area (Å²) in [7, 11) is 0. The molecule has 0 aromatic heterocycles. The fourth-order valence-corrected chi connectivity index (χ4v) is 2.13. The first-order valence-electron chi connectivity index (χ1n) is 8.05. The van der Waals surface area contributed by atoms with E-state index in [0.717, 1.165) is 12.8 Å². The molecule has 1 unspecified atom stereocenters. The summed E-state index contributed by atoms with van der Waals surface area (Å²) in [5, 5.41) is 0. The summed E-state index contributed by atoms with van der Waals surface area (Å²) in [5.41, 5.74) is 5.69. The molecule has 0 bridgehead atoms. The average Bonchev–Trinajstić information content (AvgIpc) is 2.41. The van der Waals surface area contributed by atoms with E-state index in [1.165, 1.54) is 38.5 Å². The van der Waals surface area contributed by atoms with Crippen molar-refractivity contribution in [2.75, 3.05) is 6.61 Å². The third-order valence-electron chi connectivity index (χ3n) is 3.38. The summed E-state index contributed by atoms with van der Waals surface area (Å²) in [6, 6.07) is -0.696. The van der Waals surface area contributed by atoms with Crippen LogP contribution in [0.4, 0.5) is 0 Å². The lowest BCUT2D eigenvalue weighted by Crippen LogP contribution is -2.33. The maximum Gasteiger partial charge on any atom is 0.307 e. The molecule has 1 atom stereocenters. The zero-order chi connectivity index (χ0) is 15.2. The van der Waals surface area contributed by atoms with Gasteiger partial charge in [0.25, 0.3) is 0 Å². The first kappa shape index (κ1) is 19.1. The number of ketones is 1. The minimum atomic E-state index is -0.696. The molecular formula is C16H31NO3. The van der Waals surface area contributed by atoms with Gasteiger partial charge in [-0.15, -0.1) is 0 Å². The smallest absolute Gasteiger partial charge is 0.307 e. The maximum atomic E-state index is 11.7. The molecule has 0 aliphatic rings. The van der Waals surface area contributed by atoms with Gasteiger partial charge in [-0.2, -0.15) is 0 Å². The van der Waals surface area contributed by atoms with Crippen LogP contribution >= 0.6 is 0 Å². The van der Waals surface area contributed by atoms with Crippen LogP contribution in [-0.2, 0) is 14.3 Å². The summed E-state index contributed by atoms with van der Waals surface area (Å²) < 4.78 is 4.78. The number of hydrogen-bond acceptors (Lipinski definition) is 4. The van der Waals surface area contributed by atoms with Crippen LogP contribution in [0.2, 0.25) is 0 Å². The molecule has 118 valence electrons. The molecule has 4 nitrogen and oxygen atoms in total. The van der Waals surface area contributed by atoms with Crippen molar-refractivity contribution in [2.45, 2.75) is 84.1 Å². The van der Waals surface area contributed by atoms with Crippen LogP contribution in [0.5, 0.6) is 0 Å². The Morgan fingerprint density at radius 1 is 0.950 bits per heavy atom. The van der Waals surface area contributed by atoms with Crippen LogP contribution in [0, 0.1) is 0 Å². The SMILES string of the molecule is CCCCCCCCCCC(=O)C(N)CC(=O)OCC. The highest BCUT2D eigenvalue weighted by atomic mass is 16.5. The van der Waals surface area contributed by atoms with E-state index in [0.29, 0.717) is 13.0 Å². The molecule has 0 aliphatic heterocycles. The molecule has 0 aromatic rings. The number of hydrogen-bond donors (Lipinski definition) is 1. The summed E-state index contributed by atoms with van der Waals surface area (Å²) in [6.45, 7) is 4.29. The zero-order valence-corrected chi connectivity index (χ0v) is 13.2. The second-order valence-corrected chi connectivity index (χ2v) is 5.31. The molecule has 4 heteroatoms. The number of unbranched alkanes of at least 4 members (excludes halogenated alkanes) is 7. The molecular weight excluding hydrogens is 254 g/mol. The maximum absolute atomic E-state index is 11.7. The van der Waals surface area contributed by atoms with Crippen LogP contribution in [-0.4, -0.2) is 24.4 Å². The van der Waals surface area contributed by atoms with Crippen molar-refractivity contribution in [3.8, 4) is 0 Å². The monoisotopic (exact) mass is 285 g/mol. The molecule has 0 heterocycles. The van der Waals surface area contributed by atoms with E-state index < -0.39 is 6.04 Å². The van der Waals surface area contributed by atoms with E-state index >= 15 is 0 Å². The lowest BCUT2D eigenvalue weighted by atomic mass is 10.0.